The summed E-state index contributed by atoms with van der Waals surface area (Å²) in [5.41, 5.74) is 0.833. The van der Waals surface area contributed by atoms with Crippen molar-refractivity contribution in [2.24, 2.45) is 0 Å². The highest BCUT2D eigenvalue weighted by atomic mass is 16.2. The van der Waals surface area contributed by atoms with E-state index in [0.29, 0.717) is 6.42 Å². The Morgan fingerprint density at radius 1 is 1.27 bits per heavy atom. The van der Waals surface area contributed by atoms with E-state index in [1.54, 1.807) is 6.92 Å². The molecule has 0 aliphatic carbocycles. The zero-order chi connectivity index (χ0) is 11.3. The van der Waals surface area contributed by atoms with Gasteiger partial charge in [0.1, 0.15) is 6.04 Å². The lowest BCUT2D eigenvalue weighted by Gasteiger charge is -2.16. The number of ketones is 1. The predicted octanol–water partition coefficient (Wildman–Crippen LogP) is 1.84. The molecule has 1 N–H and O–H groups in total. The molecule has 0 aromatic heterocycles. The van der Waals surface area contributed by atoms with Gasteiger partial charge in [0.15, 0.2) is 5.78 Å². The molecule has 80 valence electrons. The third kappa shape index (κ3) is 3.20. The fourth-order valence-electron chi connectivity index (χ4n) is 1.40. The van der Waals surface area contributed by atoms with Crippen LogP contribution in [0, 0.1) is 0 Å². The molecule has 0 aliphatic rings. The lowest BCUT2D eigenvalue weighted by molar-refractivity contribution is -0.126. The molecule has 0 spiro atoms. The fourth-order valence-corrected chi connectivity index (χ4v) is 1.40. The molecule has 15 heavy (non-hydrogen) atoms. The Morgan fingerprint density at radius 3 is 2.33 bits per heavy atom. The molecule has 1 rings (SSSR count). The summed E-state index contributed by atoms with van der Waals surface area (Å²) in [7, 11) is 0. The first-order valence-electron chi connectivity index (χ1n) is 5.00. The van der Waals surface area contributed by atoms with Crippen LogP contribution in [0.25, 0.3) is 0 Å². The van der Waals surface area contributed by atoms with Crippen LogP contribution in [0.1, 0.15) is 31.9 Å². The molecule has 1 atom stereocenters. The lowest BCUT2D eigenvalue weighted by Crippen LogP contribution is -2.31. The summed E-state index contributed by atoms with van der Waals surface area (Å²) in [6.45, 7) is 3.21. The minimum absolute atomic E-state index is 0.0244. The van der Waals surface area contributed by atoms with E-state index in [1.807, 2.05) is 30.3 Å². The van der Waals surface area contributed by atoms with Crippen LogP contribution >= 0.6 is 0 Å². The second-order valence-corrected chi connectivity index (χ2v) is 3.36. The second kappa shape index (κ2) is 5.29. The van der Waals surface area contributed by atoms with Crippen LogP contribution in [-0.2, 0) is 9.59 Å². The smallest absolute Gasteiger partial charge is 0.217 e. The van der Waals surface area contributed by atoms with Gasteiger partial charge >= 0.3 is 0 Å². The zero-order valence-corrected chi connectivity index (χ0v) is 8.99. The van der Waals surface area contributed by atoms with Crippen molar-refractivity contribution in [1.82, 2.24) is 5.32 Å². The number of Topliss-reactive ketones (excluding diaryl/α,β-unsaturated/α-hetero) is 1. The SMILES string of the molecule is CCC(=O)[C@H](NC(C)=O)c1ccccc1. The third-order valence-electron chi connectivity index (χ3n) is 2.15. The van der Waals surface area contributed by atoms with Crippen LogP contribution < -0.4 is 5.32 Å². The molecule has 0 bridgehead atoms. The number of hydrogen-bond donors (Lipinski definition) is 1. The van der Waals surface area contributed by atoms with Gasteiger partial charge in [0.2, 0.25) is 5.91 Å². The maximum atomic E-state index is 11.6. The van der Waals surface area contributed by atoms with E-state index in [9.17, 15) is 9.59 Å². The first-order valence-corrected chi connectivity index (χ1v) is 5.00. The van der Waals surface area contributed by atoms with Gasteiger partial charge < -0.3 is 5.32 Å². The van der Waals surface area contributed by atoms with Gasteiger partial charge in [0.05, 0.1) is 0 Å². The van der Waals surface area contributed by atoms with Gasteiger partial charge in [-0.1, -0.05) is 37.3 Å². The molecule has 1 aromatic rings. The van der Waals surface area contributed by atoms with Gasteiger partial charge in [-0.15, -0.1) is 0 Å². The number of nitrogens with one attached hydrogen (secondary N) is 1. The van der Waals surface area contributed by atoms with Gasteiger partial charge in [-0.3, -0.25) is 9.59 Å². The van der Waals surface area contributed by atoms with E-state index in [0.717, 1.165) is 5.56 Å². The largest absolute Gasteiger partial charge is 0.342 e. The third-order valence-corrected chi connectivity index (χ3v) is 2.15. The Bertz CT molecular complexity index is 346. The summed E-state index contributed by atoms with van der Waals surface area (Å²) in [4.78, 5) is 22.6. The maximum absolute atomic E-state index is 11.6. The molecule has 0 radical (unpaired) electrons. The summed E-state index contributed by atoms with van der Waals surface area (Å²) < 4.78 is 0. The van der Waals surface area contributed by atoms with Crippen molar-refractivity contribution in [3.8, 4) is 0 Å². The lowest BCUT2D eigenvalue weighted by atomic mass is 10.0. The number of rotatable bonds is 4. The Labute approximate surface area is 89.5 Å². The Morgan fingerprint density at radius 2 is 1.87 bits per heavy atom. The monoisotopic (exact) mass is 205 g/mol. The van der Waals surface area contributed by atoms with Crippen molar-refractivity contribution in [1.29, 1.82) is 0 Å². The van der Waals surface area contributed by atoms with E-state index in [1.165, 1.54) is 6.92 Å². The van der Waals surface area contributed by atoms with Crippen molar-refractivity contribution in [2.45, 2.75) is 26.3 Å². The molecule has 1 amide bonds. The maximum Gasteiger partial charge on any atom is 0.217 e. The Kier molecular flexibility index (Phi) is 4.03. The average molecular weight is 205 g/mol. The molecule has 3 nitrogen and oxygen atoms in total. The molecule has 0 fully saturated rings. The van der Waals surface area contributed by atoms with Crippen LogP contribution in [0.5, 0.6) is 0 Å². The highest BCUT2D eigenvalue weighted by molar-refractivity contribution is 5.89. The van der Waals surface area contributed by atoms with Gasteiger partial charge in [-0.2, -0.15) is 0 Å². The topological polar surface area (TPSA) is 46.2 Å². The van der Waals surface area contributed by atoms with Gasteiger partial charge in [-0.05, 0) is 5.56 Å². The highest BCUT2D eigenvalue weighted by Crippen LogP contribution is 2.14. The van der Waals surface area contributed by atoms with E-state index in [-0.39, 0.29) is 11.7 Å². The average Bonchev–Trinajstić information content (AvgIpc) is 2.26. The Balaban J connectivity index is 2.91. The number of amides is 1. The number of benzene rings is 1. The van der Waals surface area contributed by atoms with Gasteiger partial charge in [-0.25, -0.2) is 0 Å². The fraction of sp³-hybridized carbons (Fsp3) is 0.333. The zero-order valence-electron chi connectivity index (χ0n) is 8.99. The number of carbonyl (C=O) groups is 2. The molecule has 0 unspecified atom stereocenters. The quantitative estimate of drug-likeness (QED) is 0.815. The first kappa shape index (κ1) is 11.4. The van der Waals surface area contributed by atoms with Crippen molar-refractivity contribution in [3.05, 3.63) is 35.9 Å². The first-order chi connectivity index (χ1) is 7.15. The van der Waals surface area contributed by atoms with Gasteiger partial charge in [0.25, 0.3) is 0 Å². The molecule has 0 saturated heterocycles. The molecular formula is C12H15NO2. The van der Waals surface area contributed by atoms with Crippen molar-refractivity contribution < 1.29 is 9.59 Å². The molecule has 0 saturated carbocycles. The summed E-state index contributed by atoms with van der Waals surface area (Å²) in [5.74, 6) is -0.165. The van der Waals surface area contributed by atoms with Crippen LogP contribution in [0.4, 0.5) is 0 Å². The minimum atomic E-state index is -0.506. The van der Waals surface area contributed by atoms with Crippen molar-refractivity contribution in [3.63, 3.8) is 0 Å². The van der Waals surface area contributed by atoms with Crippen molar-refractivity contribution in [2.75, 3.05) is 0 Å². The van der Waals surface area contributed by atoms with Crippen LogP contribution in [0.2, 0.25) is 0 Å². The minimum Gasteiger partial charge on any atom is -0.342 e. The van der Waals surface area contributed by atoms with Crippen LogP contribution in [0.3, 0.4) is 0 Å². The number of hydrogen-bond acceptors (Lipinski definition) is 2. The summed E-state index contributed by atoms with van der Waals surface area (Å²) in [6.07, 6.45) is 0.417. The Hall–Kier alpha value is -1.64. The normalized spacial score (nSPS) is 11.9. The molecule has 0 heterocycles. The van der Waals surface area contributed by atoms with E-state index in [2.05, 4.69) is 5.32 Å². The van der Waals surface area contributed by atoms with Crippen LogP contribution in [0.15, 0.2) is 30.3 Å². The standard InChI is InChI=1S/C12H15NO2/c1-3-11(15)12(13-9(2)14)10-7-5-4-6-8-10/h4-8,12H,3H2,1-2H3,(H,13,14)/t12-/m1/s1. The highest BCUT2D eigenvalue weighted by Gasteiger charge is 2.18. The van der Waals surface area contributed by atoms with Gasteiger partial charge in [0, 0.05) is 13.3 Å². The van der Waals surface area contributed by atoms with Crippen LogP contribution in [-0.4, -0.2) is 11.7 Å². The molecule has 0 aliphatic heterocycles. The summed E-state index contributed by atoms with van der Waals surface area (Å²) >= 11 is 0. The van der Waals surface area contributed by atoms with Crippen molar-refractivity contribution >= 4 is 11.7 Å². The van der Waals surface area contributed by atoms with E-state index >= 15 is 0 Å². The number of carbonyl (C=O) groups excluding carboxylic acids is 2. The summed E-state index contributed by atoms with van der Waals surface area (Å²) in [6, 6.07) is 8.77. The summed E-state index contributed by atoms with van der Waals surface area (Å²) in [5, 5.41) is 2.66. The predicted molar refractivity (Wildman–Crippen MR) is 58.3 cm³/mol. The molecular weight excluding hydrogens is 190 g/mol. The molecule has 1 aromatic carbocycles. The second-order valence-electron chi connectivity index (χ2n) is 3.36. The van der Waals surface area contributed by atoms with E-state index in [4.69, 9.17) is 0 Å². The molecule has 3 heteroatoms. The van der Waals surface area contributed by atoms with E-state index < -0.39 is 6.04 Å².